The van der Waals surface area contributed by atoms with E-state index in [0.717, 1.165) is 0 Å². The van der Waals surface area contributed by atoms with E-state index >= 15 is 0 Å². The highest BCUT2D eigenvalue weighted by Crippen LogP contribution is 2.24. The lowest BCUT2D eigenvalue weighted by Gasteiger charge is -2.03. The van der Waals surface area contributed by atoms with E-state index in [0.29, 0.717) is 17.2 Å². The Morgan fingerprint density at radius 1 is 1.64 bits per heavy atom. The van der Waals surface area contributed by atoms with Crippen LogP contribution >= 0.6 is 11.8 Å². The second-order valence-corrected chi connectivity index (χ2v) is 6.44. The summed E-state index contributed by atoms with van der Waals surface area (Å²) in [5.74, 6) is 0.561. The van der Waals surface area contributed by atoms with E-state index in [4.69, 9.17) is 5.41 Å². The van der Waals surface area contributed by atoms with Gasteiger partial charge in [-0.1, -0.05) is 0 Å². The van der Waals surface area contributed by atoms with Gasteiger partial charge in [0, 0.05) is 5.25 Å². The summed E-state index contributed by atoms with van der Waals surface area (Å²) in [6.07, 6.45) is 0.712. The Morgan fingerprint density at radius 2 is 2.27 bits per heavy atom. The van der Waals surface area contributed by atoms with Gasteiger partial charge in [0.05, 0.1) is 16.5 Å². The Kier molecular flexibility index (Phi) is 2.59. The van der Waals surface area contributed by atoms with Crippen LogP contribution in [-0.4, -0.2) is 30.2 Å². The Labute approximate surface area is 71.0 Å². The molecule has 1 aliphatic heterocycles. The maximum absolute atomic E-state index is 10.9. The van der Waals surface area contributed by atoms with Crippen LogP contribution in [0.25, 0.3) is 0 Å². The summed E-state index contributed by atoms with van der Waals surface area (Å²) in [5, 5.41) is 7.80. The molecule has 1 saturated heterocycles. The summed E-state index contributed by atoms with van der Waals surface area (Å²) in [4.78, 5) is 0. The van der Waals surface area contributed by atoms with Crippen molar-refractivity contribution in [3.63, 3.8) is 0 Å². The average Bonchev–Trinajstić information content (AvgIpc) is 2.08. The summed E-state index contributed by atoms with van der Waals surface area (Å²) in [7, 11) is -2.76. The summed E-state index contributed by atoms with van der Waals surface area (Å²) in [6.45, 7) is 1.69. The minimum Gasteiger partial charge on any atom is -0.299 e. The van der Waals surface area contributed by atoms with Gasteiger partial charge in [0.1, 0.15) is 0 Å². The summed E-state index contributed by atoms with van der Waals surface area (Å²) >= 11 is 1.37. The topological polar surface area (TPSA) is 58.0 Å². The molecule has 1 heterocycles. The van der Waals surface area contributed by atoms with E-state index in [-0.39, 0.29) is 11.0 Å². The van der Waals surface area contributed by atoms with Crippen molar-refractivity contribution in [1.29, 1.82) is 5.41 Å². The van der Waals surface area contributed by atoms with Gasteiger partial charge in [-0.2, -0.15) is 0 Å². The zero-order chi connectivity index (χ0) is 8.48. The minimum absolute atomic E-state index is 0.137. The Balaban J connectivity index is 2.49. The predicted octanol–water partition coefficient (Wildman–Crippen LogP) is 0.904. The van der Waals surface area contributed by atoms with Crippen LogP contribution in [0.15, 0.2) is 0 Å². The third-order valence-corrected chi connectivity index (χ3v) is 4.60. The van der Waals surface area contributed by atoms with Crippen LogP contribution < -0.4 is 0 Å². The fraction of sp³-hybridized carbons (Fsp3) is 0.833. The van der Waals surface area contributed by atoms with Gasteiger partial charge in [-0.25, -0.2) is 8.42 Å². The molecule has 1 fully saturated rings. The maximum atomic E-state index is 10.9. The van der Waals surface area contributed by atoms with E-state index < -0.39 is 9.84 Å². The van der Waals surface area contributed by atoms with Gasteiger partial charge in [-0.05, 0) is 13.3 Å². The Morgan fingerprint density at radius 3 is 2.64 bits per heavy atom. The quantitative estimate of drug-likeness (QED) is 0.497. The molecule has 0 spiro atoms. The number of nitrogens with one attached hydrogen (secondary N) is 1. The van der Waals surface area contributed by atoms with Crippen LogP contribution in [0.1, 0.15) is 13.3 Å². The molecule has 0 bridgehead atoms. The predicted molar refractivity (Wildman–Crippen MR) is 48.1 cm³/mol. The molecule has 0 aromatic carbocycles. The molecule has 1 atom stereocenters. The van der Waals surface area contributed by atoms with E-state index in [2.05, 4.69) is 0 Å². The lowest BCUT2D eigenvalue weighted by molar-refractivity contribution is 0.602. The zero-order valence-electron chi connectivity index (χ0n) is 6.33. The van der Waals surface area contributed by atoms with Crippen LogP contribution in [0, 0.1) is 5.41 Å². The molecule has 0 unspecified atom stereocenters. The first-order chi connectivity index (χ1) is 4.99. The molecule has 0 saturated carbocycles. The highest BCUT2D eigenvalue weighted by Gasteiger charge is 2.28. The number of hydrogen-bond acceptors (Lipinski definition) is 4. The van der Waals surface area contributed by atoms with E-state index in [1.54, 1.807) is 6.92 Å². The fourth-order valence-electron chi connectivity index (χ4n) is 1.10. The largest absolute Gasteiger partial charge is 0.299 e. The highest BCUT2D eigenvalue weighted by molar-refractivity contribution is 8.15. The molecule has 5 heteroatoms. The Hall–Kier alpha value is -0.0300. The van der Waals surface area contributed by atoms with Crippen molar-refractivity contribution in [2.45, 2.75) is 18.6 Å². The molecule has 1 aliphatic rings. The SMILES string of the molecule is CC(=N)S[C@H]1CCS(=O)(=O)C1. The van der Waals surface area contributed by atoms with Gasteiger partial charge in [0.25, 0.3) is 0 Å². The van der Waals surface area contributed by atoms with Crippen LogP contribution in [0.2, 0.25) is 0 Å². The summed E-state index contributed by atoms with van der Waals surface area (Å²) < 4.78 is 21.9. The summed E-state index contributed by atoms with van der Waals surface area (Å²) in [6, 6.07) is 0. The van der Waals surface area contributed by atoms with Crippen molar-refractivity contribution < 1.29 is 8.42 Å². The average molecular weight is 193 g/mol. The Bertz CT molecular complexity index is 258. The van der Waals surface area contributed by atoms with E-state index in [1.165, 1.54) is 11.8 Å². The van der Waals surface area contributed by atoms with Crippen molar-refractivity contribution in [2.75, 3.05) is 11.5 Å². The fourth-order valence-corrected chi connectivity index (χ4v) is 4.43. The zero-order valence-corrected chi connectivity index (χ0v) is 7.96. The van der Waals surface area contributed by atoms with Gasteiger partial charge in [0.2, 0.25) is 0 Å². The number of rotatable bonds is 1. The standard InChI is InChI=1S/C6H11NO2S2/c1-5(7)10-6-2-3-11(8,9)4-6/h6-7H,2-4H2,1H3/t6-/m0/s1. The summed E-state index contributed by atoms with van der Waals surface area (Å²) in [5.41, 5.74) is 0. The molecular weight excluding hydrogens is 182 g/mol. The molecule has 0 aromatic heterocycles. The normalized spacial score (nSPS) is 28.6. The van der Waals surface area contributed by atoms with Crippen molar-refractivity contribution in [1.82, 2.24) is 0 Å². The van der Waals surface area contributed by atoms with Crippen LogP contribution in [0.4, 0.5) is 0 Å². The third kappa shape index (κ3) is 2.83. The molecule has 3 nitrogen and oxygen atoms in total. The van der Waals surface area contributed by atoms with Gasteiger partial charge in [-0.3, -0.25) is 5.41 Å². The number of hydrogen-bond donors (Lipinski definition) is 1. The molecule has 1 rings (SSSR count). The molecular formula is C6H11NO2S2. The second kappa shape index (κ2) is 3.15. The molecule has 64 valence electrons. The van der Waals surface area contributed by atoms with Gasteiger partial charge in [0.15, 0.2) is 9.84 Å². The van der Waals surface area contributed by atoms with Crippen LogP contribution in [-0.2, 0) is 9.84 Å². The minimum atomic E-state index is -2.76. The van der Waals surface area contributed by atoms with E-state index in [1.807, 2.05) is 0 Å². The molecule has 0 radical (unpaired) electrons. The molecule has 0 amide bonds. The smallest absolute Gasteiger partial charge is 0.151 e. The monoisotopic (exact) mass is 193 g/mol. The molecule has 0 aromatic rings. The first-order valence-electron chi connectivity index (χ1n) is 3.42. The molecule has 11 heavy (non-hydrogen) atoms. The van der Waals surface area contributed by atoms with Crippen LogP contribution in [0.3, 0.4) is 0 Å². The van der Waals surface area contributed by atoms with Crippen molar-refractivity contribution in [2.24, 2.45) is 0 Å². The van der Waals surface area contributed by atoms with Gasteiger partial charge < -0.3 is 0 Å². The van der Waals surface area contributed by atoms with E-state index in [9.17, 15) is 8.42 Å². The second-order valence-electron chi connectivity index (χ2n) is 2.70. The lowest BCUT2D eigenvalue weighted by atomic mass is 10.4. The first-order valence-corrected chi connectivity index (χ1v) is 6.12. The van der Waals surface area contributed by atoms with Crippen molar-refractivity contribution in [3.05, 3.63) is 0 Å². The van der Waals surface area contributed by atoms with Crippen molar-refractivity contribution >= 4 is 26.6 Å². The molecule has 1 N–H and O–H groups in total. The number of thioether (sulfide) groups is 1. The maximum Gasteiger partial charge on any atom is 0.151 e. The molecule has 0 aliphatic carbocycles. The lowest BCUT2D eigenvalue weighted by Crippen LogP contribution is -2.07. The first kappa shape index (κ1) is 9.06. The number of sulfone groups is 1. The van der Waals surface area contributed by atoms with Gasteiger partial charge in [-0.15, -0.1) is 11.8 Å². The van der Waals surface area contributed by atoms with Crippen molar-refractivity contribution in [3.8, 4) is 0 Å². The third-order valence-electron chi connectivity index (χ3n) is 1.53. The van der Waals surface area contributed by atoms with Crippen LogP contribution in [0.5, 0.6) is 0 Å². The van der Waals surface area contributed by atoms with Gasteiger partial charge >= 0.3 is 0 Å². The highest BCUT2D eigenvalue weighted by atomic mass is 32.2.